The number of aryl methyl sites for hydroxylation is 2. The minimum absolute atomic E-state index is 0.126. The predicted octanol–water partition coefficient (Wildman–Crippen LogP) is 6.89. The van der Waals surface area contributed by atoms with Crippen molar-refractivity contribution in [3.8, 4) is 0 Å². The Kier molecular flexibility index (Phi) is 10.7. The fourth-order valence-corrected chi connectivity index (χ4v) is 3.42. The van der Waals surface area contributed by atoms with Gasteiger partial charge in [-0.3, -0.25) is 0 Å². The van der Waals surface area contributed by atoms with Gasteiger partial charge in [-0.05, 0) is 53.3 Å². The van der Waals surface area contributed by atoms with Crippen LogP contribution in [-0.4, -0.2) is 36.5 Å². The summed E-state index contributed by atoms with van der Waals surface area (Å²) in [6.45, 7) is 9.31. The molecular weight excluding hydrogens is 445 g/mol. The molecule has 2 aromatic carbocycles. The first-order valence-corrected chi connectivity index (χ1v) is 11.0. The molecule has 0 aliphatic rings. The third kappa shape index (κ3) is 7.98. The first-order chi connectivity index (χ1) is 15.5. The highest BCUT2D eigenvalue weighted by Crippen LogP contribution is 2.23. The van der Waals surface area contributed by atoms with E-state index in [4.69, 9.17) is 27.9 Å². The summed E-state index contributed by atoms with van der Waals surface area (Å²) in [5, 5.41) is 19.4. The van der Waals surface area contributed by atoms with Crippen LogP contribution in [0.15, 0.2) is 86.7 Å². The topological polar surface area (TPSA) is 66.5 Å². The van der Waals surface area contributed by atoms with Crippen LogP contribution in [0.3, 0.4) is 0 Å². The lowest BCUT2D eigenvalue weighted by Gasteiger charge is -2.09. The number of aliphatic hydroxyl groups is 1. The lowest BCUT2D eigenvalue weighted by molar-refractivity contribution is 0.293. The number of halogens is 2. The highest BCUT2D eigenvalue weighted by molar-refractivity contribution is 6.31. The standard InChI is InChI=1S/C25H27Cl2N3O2/c1-18-10-11-21(23-9-5-4-8-22(18)23)7-6-16-32-25(30-28-3)29-15-13-20(12-14-26)17-24(27)19(2)31/h4-5,8-12,15,17,31H,2-3,6-7,13-14,16H2,1H3/b20-12-,24-17+,29-15-,30-25+. The third-order valence-corrected chi connectivity index (χ3v) is 5.15. The molecule has 2 aromatic rings. The van der Waals surface area contributed by atoms with Crippen LogP contribution in [0, 0.1) is 6.92 Å². The number of hydrogen-bond donors (Lipinski definition) is 1. The van der Waals surface area contributed by atoms with E-state index in [9.17, 15) is 5.11 Å². The molecule has 0 spiro atoms. The van der Waals surface area contributed by atoms with Crippen LogP contribution in [0.1, 0.15) is 24.0 Å². The number of fused-ring (bicyclic) bond motifs is 1. The molecule has 7 heteroatoms. The number of alkyl halides is 1. The molecule has 0 bridgehead atoms. The second-order valence-electron chi connectivity index (χ2n) is 6.95. The molecule has 0 aliphatic heterocycles. The van der Waals surface area contributed by atoms with Crippen LogP contribution in [0.5, 0.6) is 0 Å². The number of aliphatic hydroxyl groups excluding tert-OH is 1. The molecule has 0 saturated carbocycles. The van der Waals surface area contributed by atoms with Gasteiger partial charge in [0.15, 0.2) is 0 Å². The van der Waals surface area contributed by atoms with E-state index < -0.39 is 0 Å². The summed E-state index contributed by atoms with van der Waals surface area (Å²) in [5.74, 6) is 0.0769. The molecule has 32 heavy (non-hydrogen) atoms. The van der Waals surface area contributed by atoms with Gasteiger partial charge in [-0.25, -0.2) is 4.99 Å². The summed E-state index contributed by atoms with van der Waals surface area (Å²) in [6.07, 6.45) is 7.02. The molecule has 0 amide bonds. The summed E-state index contributed by atoms with van der Waals surface area (Å²) >= 11 is 11.7. The monoisotopic (exact) mass is 471 g/mol. The second-order valence-corrected chi connectivity index (χ2v) is 7.67. The second kappa shape index (κ2) is 13.5. The molecular formula is C25H27Cl2N3O2. The van der Waals surface area contributed by atoms with Crippen molar-refractivity contribution in [1.82, 2.24) is 0 Å². The summed E-state index contributed by atoms with van der Waals surface area (Å²) < 4.78 is 5.68. The summed E-state index contributed by atoms with van der Waals surface area (Å²) in [4.78, 5) is 4.22. The van der Waals surface area contributed by atoms with Crippen LogP contribution in [0.25, 0.3) is 10.8 Å². The Labute approximate surface area is 199 Å². The Hall–Kier alpha value is -2.89. The normalized spacial score (nSPS) is 13.0. The zero-order chi connectivity index (χ0) is 23.3. The quantitative estimate of drug-likeness (QED) is 0.0778. The fraction of sp³-hybridized carbons (Fsp3) is 0.240. The molecule has 0 atom stereocenters. The van der Waals surface area contributed by atoms with E-state index in [2.05, 4.69) is 71.8 Å². The number of nitrogens with zero attached hydrogens (tertiary/aromatic N) is 3. The highest BCUT2D eigenvalue weighted by Gasteiger charge is 2.05. The van der Waals surface area contributed by atoms with Gasteiger partial charge >= 0.3 is 6.02 Å². The molecule has 0 saturated heterocycles. The largest absolute Gasteiger partial charge is 0.507 e. The molecule has 0 unspecified atom stereocenters. The van der Waals surface area contributed by atoms with Crippen LogP contribution >= 0.6 is 23.2 Å². The van der Waals surface area contributed by atoms with Crippen molar-refractivity contribution in [1.29, 1.82) is 0 Å². The van der Waals surface area contributed by atoms with E-state index in [1.165, 1.54) is 21.9 Å². The zero-order valence-electron chi connectivity index (χ0n) is 18.1. The Bertz CT molecular complexity index is 1070. The van der Waals surface area contributed by atoms with Crippen LogP contribution < -0.4 is 0 Å². The minimum Gasteiger partial charge on any atom is -0.507 e. The van der Waals surface area contributed by atoms with Crippen molar-refractivity contribution in [2.24, 2.45) is 15.2 Å². The van der Waals surface area contributed by atoms with Crippen molar-refractivity contribution in [3.05, 3.63) is 82.6 Å². The van der Waals surface area contributed by atoms with E-state index in [-0.39, 0.29) is 16.8 Å². The van der Waals surface area contributed by atoms with Crippen molar-refractivity contribution < 1.29 is 9.84 Å². The molecule has 0 heterocycles. The van der Waals surface area contributed by atoms with Crippen LogP contribution in [0.4, 0.5) is 0 Å². The molecule has 168 valence electrons. The average Bonchev–Trinajstić information content (AvgIpc) is 2.78. The molecule has 1 N–H and O–H groups in total. The number of aliphatic imine (C=N–C) groups is 1. The number of hydrogen-bond acceptors (Lipinski definition) is 4. The van der Waals surface area contributed by atoms with Gasteiger partial charge in [0, 0.05) is 25.2 Å². The van der Waals surface area contributed by atoms with Crippen LogP contribution in [-0.2, 0) is 11.2 Å². The molecule has 0 aromatic heterocycles. The number of ether oxygens (including phenoxy) is 1. The average molecular weight is 472 g/mol. The smallest absolute Gasteiger partial charge is 0.335 e. The van der Waals surface area contributed by atoms with Gasteiger partial charge < -0.3 is 9.84 Å². The van der Waals surface area contributed by atoms with E-state index in [1.807, 2.05) is 0 Å². The lowest BCUT2D eigenvalue weighted by Crippen LogP contribution is -2.05. The molecule has 5 nitrogen and oxygen atoms in total. The lowest BCUT2D eigenvalue weighted by atomic mass is 9.98. The molecule has 2 rings (SSSR count). The van der Waals surface area contributed by atoms with Crippen molar-refractivity contribution in [2.45, 2.75) is 26.2 Å². The predicted molar refractivity (Wildman–Crippen MR) is 138 cm³/mol. The van der Waals surface area contributed by atoms with Gasteiger partial charge in [0.25, 0.3) is 0 Å². The van der Waals surface area contributed by atoms with E-state index in [0.717, 1.165) is 18.4 Å². The minimum atomic E-state index is -0.216. The third-order valence-electron chi connectivity index (χ3n) is 4.67. The summed E-state index contributed by atoms with van der Waals surface area (Å²) in [5.41, 5.74) is 3.31. The number of rotatable bonds is 10. The maximum atomic E-state index is 9.35. The van der Waals surface area contributed by atoms with Gasteiger partial charge in [-0.1, -0.05) is 65.8 Å². The maximum Gasteiger partial charge on any atom is 0.335 e. The number of benzene rings is 2. The molecule has 0 fully saturated rings. The Morgan fingerprint density at radius 1 is 1.19 bits per heavy atom. The number of amidine groups is 1. The SMILES string of the molecule is C=N/N=C(\N=C/CC(=C/CCl)/C=C(/Cl)C(=C)O)OCCCc1ccc(C)c2ccccc12. The van der Waals surface area contributed by atoms with Gasteiger partial charge in [-0.15, -0.1) is 11.6 Å². The van der Waals surface area contributed by atoms with Crippen molar-refractivity contribution in [2.75, 3.05) is 12.5 Å². The van der Waals surface area contributed by atoms with Crippen molar-refractivity contribution in [3.63, 3.8) is 0 Å². The Morgan fingerprint density at radius 3 is 2.62 bits per heavy atom. The van der Waals surface area contributed by atoms with Gasteiger partial charge in [0.2, 0.25) is 0 Å². The maximum absolute atomic E-state index is 9.35. The zero-order valence-corrected chi connectivity index (χ0v) is 19.6. The van der Waals surface area contributed by atoms with E-state index >= 15 is 0 Å². The van der Waals surface area contributed by atoms with Crippen molar-refractivity contribution >= 4 is 52.9 Å². The van der Waals surface area contributed by atoms with E-state index in [0.29, 0.717) is 18.9 Å². The van der Waals surface area contributed by atoms with Gasteiger partial charge in [0.1, 0.15) is 5.76 Å². The summed E-state index contributed by atoms with van der Waals surface area (Å²) in [7, 11) is 0. The molecule has 0 aliphatic carbocycles. The first-order valence-electron chi connectivity index (χ1n) is 10.1. The Morgan fingerprint density at radius 2 is 1.94 bits per heavy atom. The number of allylic oxidation sites excluding steroid dienone is 4. The van der Waals surface area contributed by atoms with E-state index in [1.54, 1.807) is 18.4 Å². The van der Waals surface area contributed by atoms with Gasteiger partial charge in [0.05, 0.1) is 11.6 Å². The van der Waals surface area contributed by atoms with Crippen LogP contribution in [0.2, 0.25) is 0 Å². The fourth-order valence-electron chi connectivity index (χ4n) is 3.08. The van der Waals surface area contributed by atoms with Gasteiger partial charge in [-0.2, -0.15) is 5.10 Å². The highest BCUT2D eigenvalue weighted by atomic mass is 35.5. The Balaban J connectivity index is 1.94. The molecule has 0 radical (unpaired) electrons. The summed E-state index contributed by atoms with van der Waals surface area (Å²) in [6, 6.07) is 12.9. The first kappa shape index (κ1) is 25.4.